The molecule has 2 saturated heterocycles. The Labute approximate surface area is 265 Å². The van der Waals surface area contributed by atoms with Gasteiger partial charge in [-0.15, -0.1) is 16.9 Å². The number of nitrogen functional groups attached to an aromatic ring is 2. The van der Waals surface area contributed by atoms with Crippen molar-refractivity contribution in [2.45, 2.75) is 47.8 Å². The molecule has 0 aromatic carbocycles. The summed E-state index contributed by atoms with van der Waals surface area (Å²) in [6, 6.07) is 1.54. The molecule has 3 unspecified atom stereocenters. The Morgan fingerprint density at radius 3 is 2.73 bits per heavy atom. The van der Waals surface area contributed by atoms with Crippen molar-refractivity contribution in [2.24, 2.45) is 0 Å². The van der Waals surface area contributed by atoms with E-state index in [0.29, 0.717) is 5.39 Å². The number of aromatic amines is 1. The zero-order valence-corrected chi connectivity index (χ0v) is 26.8. The molecule has 2 aliphatic heterocycles. The number of aromatic nitrogens is 8. The second kappa shape index (κ2) is 12.4. The molecule has 2 fully saturated rings. The standard InChI is InChI=1S/C20H24F2N10O8P2S3/c21-8-3-11(32-17-13(29-30-32)18(33)28-20(24)27-17)45-10(8)5-38-42(36,44)40-14-9(4-37-41(34,35)43)39-19(12(14)22)31-2-1-7-15(23)25-6-26-16(7)31/h1-2,6,8-12,14,19H,3-5H2,(H,36,44)(H2,23,25,26)(H2,34,35,43)(H3,24,27,28,33)/t8-,9+,10+,11+,12-,14?,19+,42?/m0/s1. The minimum atomic E-state index is -4.43. The second-order valence-corrected chi connectivity index (χ2v) is 16.9. The highest BCUT2D eigenvalue weighted by molar-refractivity contribution is 8.44. The molecule has 4 aromatic heterocycles. The molecule has 6 heterocycles. The molecule has 0 saturated carbocycles. The third-order valence-corrected chi connectivity index (χ3v) is 10.9. The van der Waals surface area contributed by atoms with E-state index in [1.54, 1.807) is 0 Å². The summed E-state index contributed by atoms with van der Waals surface area (Å²) in [5.41, 5.74) is 11.1. The highest BCUT2D eigenvalue weighted by atomic mass is 32.7. The van der Waals surface area contributed by atoms with E-state index in [4.69, 9.17) is 29.8 Å². The zero-order chi connectivity index (χ0) is 32.3. The third kappa shape index (κ3) is 6.74. The molecule has 18 nitrogen and oxygen atoms in total. The van der Waals surface area contributed by atoms with Gasteiger partial charge in [-0.1, -0.05) is 29.7 Å². The lowest BCUT2D eigenvalue weighted by molar-refractivity contribution is -0.0399. The van der Waals surface area contributed by atoms with Crippen LogP contribution in [-0.2, 0) is 27.4 Å². The Morgan fingerprint density at radius 1 is 1.20 bits per heavy atom. The topological polar surface area (TPSA) is 250 Å². The summed E-state index contributed by atoms with van der Waals surface area (Å²) < 4.78 is 80.0. The van der Waals surface area contributed by atoms with Crippen molar-refractivity contribution in [1.29, 1.82) is 0 Å². The summed E-state index contributed by atoms with van der Waals surface area (Å²) in [5, 5.41) is 6.52. The van der Waals surface area contributed by atoms with Gasteiger partial charge in [-0.05, 0) is 6.07 Å². The van der Waals surface area contributed by atoms with Crippen LogP contribution in [0.3, 0.4) is 0 Å². The summed E-state index contributed by atoms with van der Waals surface area (Å²) in [4.78, 5) is 35.9. The first-order chi connectivity index (χ1) is 21.2. The van der Waals surface area contributed by atoms with Crippen LogP contribution in [0.5, 0.6) is 0 Å². The van der Waals surface area contributed by atoms with E-state index in [1.807, 2.05) is 0 Å². The molecule has 4 aromatic rings. The van der Waals surface area contributed by atoms with Crippen LogP contribution in [0.15, 0.2) is 23.4 Å². The summed E-state index contributed by atoms with van der Waals surface area (Å²) in [6.07, 6.45) is -5.57. The lowest BCUT2D eigenvalue weighted by Gasteiger charge is -2.24. The number of ether oxygens (including phenoxy) is 1. The van der Waals surface area contributed by atoms with Gasteiger partial charge >= 0.3 is 13.6 Å². The molecule has 6 rings (SSSR count). The van der Waals surface area contributed by atoms with E-state index < -0.39 is 73.8 Å². The van der Waals surface area contributed by atoms with Crippen LogP contribution >= 0.6 is 49.9 Å². The van der Waals surface area contributed by atoms with Crippen LogP contribution in [0, 0.1) is 0 Å². The number of fused-ring (bicyclic) bond motifs is 2. The fourth-order valence-corrected chi connectivity index (χ4v) is 8.46. The number of hydrogen-bond donors (Lipinski definition) is 6. The number of halogens is 2. The van der Waals surface area contributed by atoms with E-state index >= 15 is 8.78 Å². The van der Waals surface area contributed by atoms with Crippen molar-refractivity contribution in [3.8, 4) is 0 Å². The van der Waals surface area contributed by atoms with Crippen LogP contribution in [0.1, 0.15) is 18.0 Å². The van der Waals surface area contributed by atoms with Crippen LogP contribution in [0.4, 0.5) is 20.5 Å². The molecule has 25 heteroatoms. The maximum atomic E-state index is 16.0. The van der Waals surface area contributed by atoms with Gasteiger partial charge in [0, 0.05) is 12.6 Å². The molecule has 9 atom stereocenters. The molecule has 0 amide bonds. The van der Waals surface area contributed by atoms with Gasteiger partial charge < -0.3 is 25.7 Å². The Hall–Kier alpha value is -2.33. The van der Waals surface area contributed by atoms with Gasteiger partial charge in [0.05, 0.1) is 23.8 Å². The van der Waals surface area contributed by atoms with Gasteiger partial charge in [0.15, 0.2) is 23.6 Å². The Bertz CT molecular complexity index is 1900. The first-order valence-corrected chi connectivity index (χ1v) is 19.2. The molecule has 0 aliphatic carbocycles. The molecule has 0 radical (unpaired) electrons. The largest absolute Gasteiger partial charge is 0.386 e. The van der Waals surface area contributed by atoms with Gasteiger partial charge in [0.1, 0.15) is 41.5 Å². The average Bonchev–Trinajstić information content (AvgIpc) is 3.72. The van der Waals surface area contributed by atoms with Crippen LogP contribution < -0.4 is 17.0 Å². The quantitative estimate of drug-likeness (QED) is 0.101. The third-order valence-electron chi connectivity index (χ3n) is 6.93. The predicted molar refractivity (Wildman–Crippen MR) is 163 cm³/mol. The fourth-order valence-electron chi connectivity index (χ4n) is 4.94. The van der Waals surface area contributed by atoms with Crippen molar-refractivity contribution >= 4 is 83.8 Å². The highest BCUT2D eigenvalue weighted by Gasteiger charge is 2.51. The number of hydrogen-bond acceptors (Lipinski definition) is 15. The van der Waals surface area contributed by atoms with E-state index in [9.17, 15) is 18.8 Å². The maximum Gasteiger partial charge on any atom is 0.386 e. The summed E-state index contributed by atoms with van der Waals surface area (Å²) in [5.74, 6) is -0.0379. The lowest BCUT2D eigenvalue weighted by atomic mass is 10.1. The van der Waals surface area contributed by atoms with Gasteiger partial charge in [0.25, 0.3) is 5.56 Å². The van der Waals surface area contributed by atoms with Crippen molar-refractivity contribution < 1.29 is 41.1 Å². The van der Waals surface area contributed by atoms with Crippen LogP contribution in [0.25, 0.3) is 22.2 Å². The first-order valence-electron chi connectivity index (χ1n) is 12.8. The summed E-state index contributed by atoms with van der Waals surface area (Å²) >= 11 is 8.46. The second-order valence-electron chi connectivity index (χ2n) is 9.89. The lowest BCUT2D eigenvalue weighted by Crippen LogP contribution is -2.33. The Balaban J connectivity index is 1.16. The number of H-pyrrole nitrogens is 1. The molecular formula is C20H24F2N10O8P2S3. The van der Waals surface area contributed by atoms with Gasteiger partial charge in [0.2, 0.25) is 5.95 Å². The number of anilines is 2. The van der Waals surface area contributed by atoms with Crippen LogP contribution in [0.2, 0.25) is 0 Å². The number of nitrogens with zero attached hydrogens (tertiary/aromatic N) is 7. The number of nitrogens with two attached hydrogens (primary N) is 2. The number of nitrogens with one attached hydrogen (secondary N) is 1. The SMILES string of the molecule is Nc1nc2c(nnn2[C@H]2C[C@H](F)[C@@H](COP(=O)(S)OC3[C@@H](COP(=O)(O)S)O[C@@H](n4ccc5c(N)ncnc54)[C@H]3F)S2)c(=O)[nH]1. The fraction of sp³-hybridized carbons (Fsp3) is 0.500. The zero-order valence-electron chi connectivity index (χ0n) is 22.4. The molecule has 45 heavy (non-hydrogen) atoms. The molecular weight excluding hydrogens is 704 g/mol. The summed E-state index contributed by atoms with van der Waals surface area (Å²) in [6.45, 7) is -9.94. The van der Waals surface area contributed by atoms with Crippen molar-refractivity contribution in [3.63, 3.8) is 0 Å². The van der Waals surface area contributed by atoms with E-state index in [2.05, 4.69) is 54.7 Å². The maximum absolute atomic E-state index is 16.0. The minimum absolute atomic E-state index is 0.0574. The molecule has 0 spiro atoms. The number of thioether (sulfide) groups is 1. The van der Waals surface area contributed by atoms with Crippen molar-refractivity contribution in [1.82, 2.24) is 39.5 Å². The van der Waals surface area contributed by atoms with E-state index in [-0.39, 0.29) is 35.0 Å². The van der Waals surface area contributed by atoms with Crippen molar-refractivity contribution in [2.75, 3.05) is 24.7 Å². The number of rotatable bonds is 10. The summed E-state index contributed by atoms with van der Waals surface area (Å²) in [7, 11) is 0. The van der Waals surface area contributed by atoms with E-state index in [0.717, 1.165) is 11.8 Å². The molecule has 6 N–H and O–H groups in total. The molecule has 2 aliphatic rings. The average molecular weight is 729 g/mol. The van der Waals surface area contributed by atoms with E-state index in [1.165, 1.54) is 27.8 Å². The Morgan fingerprint density at radius 2 is 1.98 bits per heavy atom. The monoisotopic (exact) mass is 728 g/mol. The highest BCUT2D eigenvalue weighted by Crippen LogP contribution is 2.58. The van der Waals surface area contributed by atoms with Gasteiger partial charge in [-0.25, -0.2) is 32.6 Å². The van der Waals surface area contributed by atoms with Crippen LogP contribution in [-0.4, -0.2) is 87.4 Å². The molecule has 0 bridgehead atoms. The van der Waals surface area contributed by atoms with Gasteiger partial charge in [-0.3, -0.25) is 23.3 Å². The van der Waals surface area contributed by atoms with Crippen molar-refractivity contribution in [3.05, 3.63) is 28.9 Å². The van der Waals surface area contributed by atoms with Gasteiger partial charge in [-0.2, -0.15) is 4.98 Å². The minimum Gasteiger partial charge on any atom is -0.383 e. The Kier molecular flexibility index (Phi) is 8.96. The number of alkyl halides is 2. The normalized spacial score (nSPS) is 29.8. The smallest absolute Gasteiger partial charge is 0.383 e. The molecule has 244 valence electrons. The predicted octanol–water partition coefficient (Wildman–Crippen LogP) is 2.19. The first kappa shape index (κ1) is 32.6. The number of thiol groups is 2.